The highest BCUT2D eigenvalue weighted by Gasteiger charge is 2.08. The molecule has 17 heavy (non-hydrogen) atoms. The number of nitrogens with one attached hydrogen (secondary N) is 1. The second kappa shape index (κ2) is 9.85. The summed E-state index contributed by atoms with van der Waals surface area (Å²) in [7, 11) is -2.82. The molecule has 104 valence electrons. The van der Waals surface area contributed by atoms with Gasteiger partial charge < -0.3 is 10.4 Å². The van der Waals surface area contributed by atoms with Crippen molar-refractivity contribution < 1.29 is 13.5 Å². The molecule has 2 N–H and O–H groups in total. The molecule has 0 aliphatic carbocycles. The summed E-state index contributed by atoms with van der Waals surface area (Å²) in [4.78, 5) is 0. The second-order valence-corrected chi connectivity index (χ2v) is 6.93. The van der Waals surface area contributed by atoms with Gasteiger partial charge in [0, 0.05) is 12.4 Å². The van der Waals surface area contributed by atoms with E-state index in [9.17, 15) is 8.42 Å². The fourth-order valence-electron chi connectivity index (χ4n) is 1.81. The van der Waals surface area contributed by atoms with Gasteiger partial charge in [-0.15, -0.1) is 0 Å². The fourth-order valence-corrected chi connectivity index (χ4v) is 2.68. The maximum Gasteiger partial charge on any atom is 0.150 e. The highest BCUT2D eigenvalue weighted by atomic mass is 32.2. The Bertz CT molecular complexity index is 259. The average molecular weight is 265 g/mol. The summed E-state index contributed by atoms with van der Waals surface area (Å²) in [6.45, 7) is 5.67. The van der Waals surface area contributed by atoms with E-state index < -0.39 is 9.84 Å². The van der Waals surface area contributed by atoms with E-state index in [4.69, 9.17) is 5.11 Å². The van der Waals surface area contributed by atoms with Crippen LogP contribution in [0.25, 0.3) is 0 Å². The zero-order valence-electron chi connectivity index (χ0n) is 11.1. The number of hydrogen-bond donors (Lipinski definition) is 2. The quantitative estimate of drug-likeness (QED) is 0.551. The van der Waals surface area contributed by atoms with Gasteiger partial charge >= 0.3 is 0 Å². The highest BCUT2D eigenvalue weighted by molar-refractivity contribution is 7.91. The van der Waals surface area contributed by atoms with Gasteiger partial charge in [0.2, 0.25) is 0 Å². The Balaban J connectivity index is 3.61. The minimum atomic E-state index is -2.82. The van der Waals surface area contributed by atoms with Gasteiger partial charge in [-0.05, 0) is 38.3 Å². The fraction of sp³-hybridized carbons (Fsp3) is 1.00. The van der Waals surface area contributed by atoms with Gasteiger partial charge in [0.25, 0.3) is 0 Å². The zero-order chi connectivity index (χ0) is 13.1. The van der Waals surface area contributed by atoms with E-state index in [0.717, 1.165) is 32.4 Å². The standard InChI is InChI=1S/C12H27NO3S/c1-3-6-12(7-9-14)11-13-8-5-10-17(15,16)4-2/h12-14H,3-11H2,1-2H3. The van der Waals surface area contributed by atoms with Crippen LogP contribution in [-0.4, -0.2) is 44.7 Å². The maximum atomic E-state index is 11.2. The van der Waals surface area contributed by atoms with Crippen molar-refractivity contribution >= 4 is 9.84 Å². The van der Waals surface area contributed by atoms with Crippen LogP contribution in [0, 0.1) is 5.92 Å². The molecule has 0 aromatic carbocycles. The van der Waals surface area contributed by atoms with Crippen LogP contribution in [0.4, 0.5) is 0 Å². The Morgan fingerprint density at radius 3 is 2.47 bits per heavy atom. The van der Waals surface area contributed by atoms with Crippen molar-refractivity contribution in [3.8, 4) is 0 Å². The highest BCUT2D eigenvalue weighted by Crippen LogP contribution is 2.09. The monoisotopic (exact) mass is 265 g/mol. The molecule has 0 aromatic rings. The van der Waals surface area contributed by atoms with E-state index in [1.54, 1.807) is 6.92 Å². The molecule has 0 radical (unpaired) electrons. The van der Waals surface area contributed by atoms with Crippen LogP contribution < -0.4 is 5.32 Å². The van der Waals surface area contributed by atoms with Crippen LogP contribution >= 0.6 is 0 Å². The molecule has 0 saturated carbocycles. The molecule has 0 amide bonds. The van der Waals surface area contributed by atoms with Gasteiger partial charge in [-0.25, -0.2) is 8.42 Å². The first-order valence-electron chi connectivity index (χ1n) is 6.57. The molecular formula is C12H27NO3S. The van der Waals surface area contributed by atoms with Crippen LogP contribution in [-0.2, 0) is 9.84 Å². The minimum Gasteiger partial charge on any atom is -0.396 e. The zero-order valence-corrected chi connectivity index (χ0v) is 11.9. The smallest absolute Gasteiger partial charge is 0.150 e. The normalized spacial score (nSPS) is 13.8. The predicted octanol–water partition coefficient (Wildman–Crippen LogP) is 1.20. The van der Waals surface area contributed by atoms with Crippen molar-refractivity contribution in [3.05, 3.63) is 0 Å². The predicted molar refractivity (Wildman–Crippen MR) is 71.9 cm³/mol. The third-order valence-corrected chi connectivity index (χ3v) is 4.71. The average Bonchev–Trinajstić information content (AvgIpc) is 2.29. The van der Waals surface area contributed by atoms with Crippen LogP contribution in [0.2, 0.25) is 0 Å². The minimum absolute atomic E-state index is 0.232. The van der Waals surface area contributed by atoms with E-state index in [1.807, 2.05) is 0 Å². The molecule has 0 saturated heterocycles. The molecule has 0 aliphatic rings. The number of aliphatic hydroxyl groups is 1. The second-order valence-electron chi connectivity index (χ2n) is 4.46. The summed E-state index contributed by atoms with van der Waals surface area (Å²) in [6.07, 6.45) is 3.74. The van der Waals surface area contributed by atoms with Gasteiger partial charge in [0.1, 0.15) is 9.84 Å². The molecule has 0 aromatic heterocycles. The van der Waals surface area contributed by atoms with E-state index in [2.05, 4.69) is 12.2 Å². The summed E-state index contributed by atoms with van der Waals surface area (Å²) in [5.41, 5.74) is 0. The lowest BCUT2D eigenvalue weighted by atomic mass is 10.0. The van der Waals surface area contributed by atoms with Crippen molar-refractivity contribution in [2.24, 2.45) is 5.92 Å². The Morgan fingerprint density at radius 2 is 1.94 bits per heavy atom. The van der Waals surface area contributed by atoms with Gasteiger partial charge in [-0.2, -0.15) is 0 Å². The molecule has 0 fully saturated rings. The largest absolute Gasteiger partial charge is 0.396 e. The van der Waals surface area contributed by atoms with Gasteiger partial charge in [0.15, 0.2) is 0 Å². The molecule has 0 rings (SSSR count). The summed E-state index contributed by atoms with van der Waals surface area (Å²) in [5, 5.41) is 12.2. The lowest BCUT2D eigenvalue weighted by Crippen LogP contribution is -2.26. The molecule has 0 spiro atoms. The number of sulfone groups is 1. The lowest BCUT2D eigenvalue weighted by molar-refractivity contribution is 0.248. The Kier molecular flexibility index (Phi) is 9.78. The van der Waals surface area contributed by atoms with Crippen molar-refractivity contribution in [3.63, 3.8) is 0 Å². The van der Waals surface area contributed by atoms with Crippen molar-refractivity contribution in [1.82, 2.24) is 5.32 Å². The summed E-state index contributed by atoms with van der Waals surface area (Å²) in [6, 6.07) is 0. The number of aliphatic hydroxyl groups excluding tert-OH is 1. The topological polar surface area (TPSA) is 66.4 Å². The van der Waals surface area contributed by atoms with Crippen molar-refractivity contribution in [2.75, 3.05) is 31.2 Å². The van der Waals surface area contributed by atoms with E-state index in [0.29, 0.717) is 12.3 Å². The Labute approximate surface area is 106 Å². The van der Waals surface area contributed by atoms with E-state index in [-0.39, 0.29) is 18.1 Å². The molecule has 0 bridgehead atoms. The van der Waals surface area contributed by atoms with Crippen LogP contribution in [0.1, 0.15) is 39.5 Å². The van der Waals surface area contributed by atoms with Gasteiger partial charge in [0.05, 0.1) is 5.75 Å². The summed E-state index contributed by atoms with van der Waals surface area (Å²) < 4.78 is 22.5. The summed E-state index contributed by atoms with van der Waals surface area (Å²) in [5.74, 6) is 1.01. The van der Waals surface area contributed by atoms with Crippen LogP contribution in [0.3, 0.4) is 0 Å². The van der Waals surface area contributed by atoms with Crippen molar-refractivity contribution in [2.45, 2.75) is 39.5 Å². The van der Waals surface area contributed by atoms with Crippen molar-refractivity contribution in [1.29, 1.82) is 0 Å². The maximum absolute atomic E-state index is 11.2. The number of hydrogen-bond acceptors (Lipinski definition) is 4. The first-order chi connectivity index (χ1) is 8.05. The third kappa shape index (κ3) is 9.56. The molecule has 1 atom stereocenters. The van der Waals surface area contributed by atoms with Gasteiger partial charge in [-0.3, -0.25) is 0 Å². The summed E-state index contributed by atoms with van der Waals surface area (Å²) >= 11 is 0. The van der Waals surface area contributed by atoms with E-state index in [1.165, 1.54) is 0 Å². The molecule has 4 nitrogen and oxygen atoms in total. The Morgan fingerprint density at radius 1 is 1.24 bits per heavy atom. The van der Waals surface area contributed by atoms with E-state index >= 15 is 0 Å². The first kappa shape index (κ1) is 16.9. The molecular weight excluding hydrogens is 238 g/mol. The first-order valence-corrected chi connectivity index (χ1v) is 8.39. The van der Waals surface area contributed by atoms with Crippen LogP contribution in [0.15, 0.2) is 0 Å². The molecule has 1 unspecified atom stereocenters. The number of rotatable bonds is 11. The molecule has 0 heterocycles. The van der Waals surface area contributed by atoms with Crippen LogP contribution in [0.5, 0.6) is 0 Å². The third-order valence-electron chi connectivity index (χ3n) is 2.92. The Hall–Kier alpha value is -0.130. The molecule has 5 heteroatoms. The lowest BCUT2D eigenvalue weighted by Gasteiger charge is -2.15. The van der Waals surface area contributed by atoms with Gasteiger partial charge in [-0.1, -0.05) is 20.3 Å². The molecule has 0 aliphatic heterocycles. The SMILES string of the molecule is CCCC(CCO)CNCCCS(=O)(=O)CC.